The molecular weight excluding hydrogens is 266 g/mol. The maximum Gasteiger partial charge on any atom is 0.227 e. The zero-order valence-corrected chi connectivity index (χ0v) is 13.0. The van der Waals surface area contributed by atoms with Crippen molar-refractivity contribution in [3.8, 4) is 0 Å². The zero-order valence-electron chi connectivity index (χ0n) is 13.0. The molecule has 0 heterocycles. The van der Waals surface area contributed by atoms with Crippen LogP contribution in [0, 0.1) is 0 Å². The summed E-state index contributed by atoms with van der Waals surface area (Å²) in [6.45, 7) is 4.04. The summed E-state index contributed by atoms with van der Waals surface area (Å²) in [6.07, 6.45) is 3.25. The number of hydrogen-bond acceptors (Lipinski definition) is 3. The molecule has 0 aromatic heterocycles. The predicted molar refractivity (Wildman–Crippen MR) is 85.0 cm³/mol. The Morgan fingerprint density at radius 3 is 2.24 bits per heavy atom. The first-order chi connectivity index (χ1) is 10.0. The van der Waals surface area contributed by atoms with Crippen molar-refractivity contribution < 1.29 is 15.0 Å². The Labute approximate surface area is 127 Å². The molecule has 0 saturated carbocycles. The highest BCUT2D eigenvalue weighted by Gasteiger charge is 2.17. The smallest absolute Gasteiger partial charge is 0.227 e. The summed E-state index contributed by atoms with van der Waals surface area (Å²) in [7, 11) is 0. The Bertz CT molecular complexity index is 404. The van der Waals surface area contributed by atoms with E-state index >= 15 is 0 Å². The molecule has 1 aromatic rings. The van der Waals surface area contributed by atoms with Gasteiger partial charge in [-0.3, -0.25) is 4.79 Å². The molecule has 2 N–H and O–H groups in total. The number of anilines is 1. The van der Waals surface area contributed by atoms with E-state index in [1.54, 1.807) is 0 Å². The van der Waals surface area contributed by atoms with E-state index < -0.39 is 6.29 Å². The van der Waals surface area contributed by atoms with E-state index in [1.807, 2.05) is 49.1 Å². The topological polar surface area (TPSA) is 60.8 Å². The molecule has 21 heavy (non-hydrogen) atoms. The van der Waals surface area contributed by atoms with Crippen molar-refractivity contribution in [3.63, 3.8) is 0 Å². The number of aliphatic hydroxyl groups excluding tert-OH is 1. The van der Waals surface area contributed by atoms with Crippen LogP contribution >= 0.6 is 0 Å². The van der Waals surface area contributed by atoms with Crippen LogP contribution in [0.1, 0.15) is 52.4 Å². The number of aliphatic hydroxyl groups is 2. The second-order valence-electron chi connectivity index (χ2n) is 5.63. The van der Waals surface area contributed by atoms with E-state index in [-0.39, 0.29) is 11.9 Å². The van der Waals surface area contributed by atoms with Crippen molar-refractivity contribution in [3.05, 3.63) is 30.3 Å². The summed E-state index contributed by atoms with van der Waals surface area (Å²) in [5, 5.41) is 17.5. The van der Waals surface area contributed by atoms with Crippen LogP contribution in [0.5, 0.6) is 0 Å². The summed E-state index contributed by atoms with van der Waals surface area (Å²) in [5.74, 6) is 0.151. The van der Waals surface area contributed by atoms with Gasteiger partial charge in [-0.1, -0.05) is 31.0 Å². The van der Waals surface area contributed by atoms with E-state index in [9.17, 15) is 4.79 Å². The highest BCUT2D eigenvalue weighted by atomic mass is 16.5. The molecule has 1 amide bonds. The normalized spacial score (nSPS) is 11.1. The van der Waals surface area contributed by atoms with E-state index in [1.165, 1.54) is 0 Å². The fourth-order valence-corrected chi connectivity index (χ4v) is 2.40. The first-order valence-corrected chi connectivity index (χ1v) is 7.75. The van der Waals surface area contributed by atoms with Crippen LogP contribution in [-0.4, -0.2) is 28.5 Å². The number of carbonyl (C=O) groups is 1. The minimum Gasteiger partial charge on any atom is -0.368 e. The Morgan fingerprint density at radius 1 is 1.05 bits per heavy atom. The summed E-state index contributed by atoms with van der Waals surface area (Å²) >= 11 is 0. The third-order valence-electron chi connectivity index (χ3n) is 3.42. The van der Waals surface area contributed by atoms with Crippen LogP contribution in [0.15, 0.2) is 30.3 Å². The van der Waals surface area contributed by atoms with Gasteiger partial charge in [0.2, 0.25) is 5.91 Å². The molecule has 118 valence electrons. The molecule has 0 radical (unpaired) electrons. The van der Waals surface area contributed by atoms with Gasteiger partial charge in [0.05, 0.1) is 0 Å². The van der Waals surface area contributed by atoms with Crippen LogP contribution in [0.4, 0.5) is 5.69 Å². The molecule has 0 spiro atoms. The SMILES string of the molecule is CC(C)N(C(=O)CCCCCCC(O)O)c1ccccc1. The van der Waals surface area contributed by atoms with Crippen LogP contribution in [0.2, 0.25) is 0 Å². The lowest BCUT2D eigenvalue weighted by atomic mass is 10.1. The summed E-state index contributed by atoms with van der Waals surface area (Å²) in [6, 6.07) is 9.89. The van der Waals surface area contributed by atoms with Crippen LogP contribution in [0.25, 0.3) is 0 Å². The van der Waals surface area contributed by atoms with Gasteiger partial charge in [-0.2, -0.15) is 0 Å². The van der Waals surface area contributed by atoms with Gasteiger partial charge in [0.15, 0.2) is 6.29 Å². The monoisotopic (exact) mass is 293 g/mol. The molecule has 1 rings (SSSR count). The Balaban J connectivity index is 2.38. The summed E-state index contributed by atoms with van der Waals surface area (Å²) in [5.41, 5.74) is 0.945. The molecule has 4 heteroatoms. The fourth-order valence-electron chi connectivity index (χ4n) is 2.40. The molecule has 1 aromatic carbocycles. The van der Waals surface area contributed by atoms with Crippen LogP contribution in [0.3, 0.4) is 0 Å². The summed E-state index contributed by atoms with van der Waals surface area (Å²) in [4.78, 5) is 14.2. The average Bonchev–Trinajstić information content (AvgIpc) is 2.43. The Hall–Kier alpha value is -1.39. The summed E-state index contributed by atoms with van der Waals surface area (Å²) < 4.78 is 0. The van der Waals surface area contributed by atoms with Crippen molar-refractivity contribution in [1.29, 1.82) is 0 Å². The average molecular weight is 293 g/mol. The van der Waals surface area contributed by atoms with E-state index in [0.717, 1.165) is 31.4 Å². The maximum absolute atomic E-state index is 12.4. The van der Waals surface area contributed by atoms with Crippen molar-refractivity contribution in [2.75, 3.05) is 4.90 Å². The molecule has 0 unspecified atom stereocenters. The third kappa shape index (κ3) is 6.74. The lowest BCUT2D eigenvalue weighted by Gasteiger charge is -2.27. The van der Waals surface area contributed by atoms with Crippen molar-refractivity contribution in [1.82, 2.24) is 0 Å². The quantitative estimate of drug-likeness (QED) is 0.543. The van der Waals surface area contributed by atoms with Gasteiger partial charge >= 0.3 is 0 Å². The van der Waals surface area contributed by atoms with Gasteiger partial charge in [-0.25, -0.2) is 0 Å². The largest absolute Gasteiger partial charge is 0.368 e. The zero-order chi connectivity index (χ0) is 15.7. The second kappa shape index (κ2) is 9.53. The number of nitrogens with zero attached hydrogens (tertiary/aromatic N) is 1. The van der Waals surface area contributed by atoms with Gasteiger partial charge < -0.3 is 15.1 Å². The second-order valence-corrected chi connectivity index (χ2v) is 5.63. The van der Waals surface area contributed by atoms with E-state index in [0.29, 0.717) is 12.8 Å². The molecule has 0 bridgehead atoms. The van der Waals surface area contributed by atoms with Gasteiger partial charge in [-0.15, -0.1) is 0 Å². The minimum atomic E-state index is -1.21. The van der Waals surface area contributed by atoms with Crippen LogP contribution in [-0.2, 0) is 4.79 Å². The molecule has 0 aliphatic heterocycles. The van der Waals surface area contributed by atoms with Crippen molar-refractivity contribution >= 4 is 11.6 Å². The number of rotatable bonds is 9. The van der Waals surface area contributed by atoms with Gasteiger partial charge in [-0.05, 0) is 45.2 Å². The maximum atomic E-state index is 12.4. The lowest BCUT2D eigenvalue weighted by molar-refractivity contribution is -0.119. The molecule has 0 saturated heterocycles. The number of unbranched alkanes of at least 4 members (excludes halogenated alkanes) is 3. The number of carbonyl (C=O) groups excluding carboxylic acids is 1. The molecular formula is C17H27NO3. The van der Waals surface area contributed by atoms with E-state index in [2.05, 4.69) is 0 Å². The number of para-hydroxylation sites is 1. The minimum absolute atomic E-state index is 0.143. The number of amides is 1. The number of hydrogen-bond donors (Lipinski definition) is 2. The van der Waals surface area contributed by atoms with Gasteiger partial charge in [0.1, 0.15) is 0 Å². The lowest BCUT2D eigenvalue weighted by Crippen LogP contribution is -2.36. The van der Waals surface area contributed by atoms with Crippen LogP contribution < -0.4 is 4.90 Å². The predicted octanol–water partition coefficient (Wildman–Crippen LogP) is 3.08. The third-order valence-corrected chi connectivity index (χ3v) is 3.42. The Kier molecular flexibility index (Phi) is 8.01. The Morgan fingerprint density at radius 2 is 1.67 bits per heavy atom. The molecule has 4 nitrogen and oxygen atoms in total. The molecule has 0 atom stereocenters. The highest BCUT2D eigenvalue weighted by Crippen LogP contribution is 2.19. The molecule has 0 aliphatic carbocycles. The first kappa shape index (κ1) is 17.7. The first-order valence-electron chi connectivity index (χ1n) is 7.75. The van der Waals surface area contributed by atoms with E-state index in [4.69, 9.17) is 10.2 Å². The standard InChI is InChI=1S/C17H27NO3/c1-14(2)18(15-10-6-5-7-11-15)16(19)12-8-3-4-9-13-17(20)21/h5-7,10-11,14,17,20-21H,3-4,8-9,12-13H2,1-2H3. The highest BCUT2D eigenvalue weighted by molar-refractivity contribution is 5.93. The molecule has 0 aliphatic rings. The van der Waals surface area contributed by atoms with Crippen molar-refractivity contribution in [2.45, 2.75) is 64.7 Å². The van der Waals surface area contributed by atoms with Gasteiger partial charge in [0, 0.05) is 18.2 Å². The fraction of sp³-hybridized carbons (Fsp3) is 0.588. The van der Waals surface area contributed by atoms with Gasteiger partial charge in [0.25, 0.3) is 0 Å². The number of benzene rings is 1. The molecule has 0 fully saturated rings. The van der Waals surface area contributed by atoms with Crippen molar-refractivity contribution in [2.24, 2.45) is 0 Å².